The molecule has 0 radical (unpaired) electrons. The van der Waals surface area contributed by atoms with Crippen LogP contribution in [0, 0.1) is 5.82 Å². The van der Waals surface area contributed by atoms with Gasteiger partial charge in [-0.25, -0.2) is 9.07 Å². The van der Waals surface area contributed by atoms with Crippen molar-refractivity contribution in [1.82, 2.24) is 20.1 Å². The summed E-state index contributed by atoms with van der Waals surface area (Å²) in [5.74, 6) is 0.0362. The Bertz CT molecular complexity index is 1300. The van der Waals surface area contributed by atoms with Crippen molar-refractivity contribution in [2.24, 2.45) is 0 Å². The number of halogens is 1. The number of aromatic amines is 1. The smallest absolute Gasteiger partial charge is 0.267 e. The monoisotopic (exact) mass is 420 g/mol. The molecule has 2 aromatic heterocycles. The normalized spacial score (nSPS) is 10.9. The molecule has 2 aromatic carbocycles. The molecule has 31 heavy (non-hydrogen) atoms. The van der Waals surface area contributed by atoms with Crippen LogP contribution in [0.15, 0.2) is 65.6 Å². The molecule has 4 rings (SSSR count). The van der Waals surface area contributed by atoms with Gasteiger partial charge in [-0.3, -0.25) is 9.59 Å². The number of carbonyl (C=O) groups is 1. The van der Waals surface area contributed by atoms with E-state index in [4.69, 9.17) is 4.74 Å². The highest BCUT2D eigenvalue weighted by Crippen LogP contribution is 2.21. The van der Waals surface area contributed by atoms with Gasteiger partial charge in [-0.2, -0.15) is 5.10 Å². The standard InChI is InChI=1S/C23H21FN4O3/c1-31-18-4-2-3-15(11-18)20-7-8-23(30)28(27-20)14-22(29)25-10-9-16-13-26-21-6-5-17(24)12-19(16)21/h2-8,11-13,26H,9-10,14H2,1H3,(H,25,29). The number of hydrogen-bond donors (Lipinski definition) is 2. The Kier molecular flexibility index (Phi) is 5.79. The summed E-state index contributed by atoms with van der Waals surface area (Å²) in [6.45, 7) is 0.159. The van der Waals surface area contributed by atoms with Crippen molar-refractivity contribution >= 4 is 16.8 Å². The molecule has 0 bridgehead atoms. The minimum atomic E-state index is -0.367. The molecule has 1 amide bonds. The maximum Gasteiger partial charge on any atom is 0.267 e. The predicted octanol–water partition coefficient (Wildman–Crippen LogP) is 2.90. The van der Waals surface area contributed by atoms with Crippen LogP contribution < -0.4 is 15.6 Å². The average molecular weight is 420 g/mol. The van der Waals surface area contributed by atoms with Crippen LogP contribution >= 0.6 is 0 Å². The SMILES string of the molecule is COc1cccc(-c2ccc(=O)n(CC(=O)NCCc3c[nH]c4ccc(F)cc34)n2)c1. The van der Waals surface area contributed by atoms with Crippen molar-refractivity contribution < 1.29 is 13.9 Å². The van der Waals surface area contributed by atoms with Crippen molar-refractivity contribution in [3.8, 4) is 17.0 Å². The van der Waals surface area contributed by atoms with Crippen molar-refractivity contribution in [3.05, 3.63) is 82.5 Å². The van der Waals surface area contributed by atoms with E-state index in [9.17, 15) is 14.0 Å². The largest absolute Gasteiger partial charge is 0.497 e. The van der Waals surface area contributed by atoms with Gasteiger partial charge in [0.15, 0.2) is 0 Å². The Balaban J connectivity index is 1.41. The summed E-state index contributed by atoms with van der Waals surface area (Å²) in [7, 11) is 1.57. The molecule has 4 aromatic rings. The van der Waals surface area contributed by atoms with Crippen molar-refractivity contribution in [1.29, 1.82) is 0 Å². The zero-order valence-electron chi connectivity index (χ0n) is 16.9. The lowest BCUT2D eigenvalue weighted by atomic mass is 10.1. The van der Waals surface area contributed by atoms with Crippen LogP contribution in [0.5, 0.6) is 5.75 Å². The second-order valence-electron chi connectivity index (χ2n) is 7.05. The van der Waals surface area contributed by atoms with Crippen LogP contribution in [0.3, 0.4) is 0 Å². The number of H-pyrrole nitrogens is 1. The van der Waals surface area contributed by atoms with E-state index in [1.807, 2.05) is 18.2 Å². The maximum atomic E-state index is 13.5. The number of rotatable bonds is 7. The maximum absolute atomic E-state index is 13.5. The van der Waals surface area contributed by atoms with Crippen molar-refractivity contribution in [2.75, 3.05) is 13.7 Å². The minimum Gasteiger partial charge on any atom is -0.497 e. The van der Waals surface area contributed by atoms with Gasteiger partial charge in [-0.15, -0.1) is 0 Å². The molecule has 0 aliphatic rings. The molecule has 0 saturated heterocycles. The molecule has 0 saturated carbocycles. The van der Waals surface area contributed by atoms with Crippen molar-refractivity contribution in [2.45, 2.75) is 13.0 Å². The van der Waals surface area contributed by atoms with Crippen LogP contribution in [0.25, 0.3) is 22.2 Å². The summed E-state index contributed by atoms with van der Waals surface area (Å²) in [6, 6.07) is 14.8. The van der Waals surface area contributed by atoms with E-state index in [0.29, 0.717) is 24.4 Å². The van der Waals surface area contributed by atoms with Gasteiger partial charge in [-0.1, -0.05) is 12.1 Å². The molecular weight excluding hydrogens is 399 g/mol. The summed E-state index contributed by atoms with van der Waals surface area (Å²) in [6.07, 6.45) is 2.33. The van der Waals surface area contributed by atoms with Gasteiger partial charge in [0.1, 0.15) is 18.1 Å². The molecule has 0 atom stereocenters. The molecule has 8 heteroatoms. The molecule has 0 spiro atoms. The lowest BCUT2D eigenvalue weighted by Gasteiger charge is -2.09. The third-order valence-corrected chi connectivity index (χ3v) is 4.97. The highest BCUT2D eigenvalue weighted by molar-refractivity contribution is 5.83. The lowest BCUT2D eigenvalue weighted by molar-refractivity contribution is -0.121. The summed E-state index contributed by atoms with van der Waals surface area (Å²) in [5.41, 5.74) is 2.72. The van der Waals surface area contributed by atoms with Gasteiger partial charge >= 0.3 is 0 Å². The Hall–Kier alpha value is -3.94. The van der Waals surface area contributed by atoms with E-state index in [1.54, 1.807) is 31.5 Å². The van der Waals surface area contributed by atoms with E-state index in [1.165, 1.54) is 18.2 Å². The highest BCUT2D eigenvalue weighted by atomic mass is 19.1. The van der Waals surface area contributed by atoms with E-state index in [0.717, 1.165) is 26.7 Å². The number of ether oxygens (including phenoxy) is 1. The molecule has 0 aliphatic carbocycles. The summed E-state index contributed by atoms with van der Waals surface area (Å²) >= 11 is 0. The van der Waals surface area contributed by atoms with E-state index in [2.05, 4.69) is 15.4 Å². The first-order valence-electron chi connectivity index (χ1n) is 9.78. The molecule has 0 fully saturated rings. The van der Waals surface area contributed by atoms with Crippen LogP contribution in [-0.2, 0) is 17.8 Å². The fraction of sp³-hybridized carbons (Fsp3) is 0.174. The Morgan fingerprint density at radius 2 is 2.06 bits per heavy atom. The molecule has 2 N–H and O–H groups in total. The highest BCUT2D eigenvalue weighted by Gasteiger charge is 2.10. The Labute approximate surface area is 177 Å². The number of nitrogens with zero attached hydrogens (tertiary/aromatic N) is 2. The predicted molar refractivity (Wildman–Crippen MR) is 115 cm³/mol. The zero-order valence-corrected chi connectivity index (χ0v) is 16.9. The summed E-state index contributed by atoms with van der Waals surface area (Å²) in [5, 5.41) is 7.88. The van der Waals surface area contributed by atoms with E-state index < -0.39 is 0 Å². The van der Waals surface area contributed by atoms with Crippen LogP contribution in [-0.4, -0.2) is 34.3 Å². The van der Waals surface area contributed by atoms with Crippen molar-refractivity contribution in [3.63, 3.8) is 0 Å². The molecule has 2 heterocycles. The van der Waals surface area contributed by atoms with Gasteiger partial charge in [0, 0.05) is 35.3 Å². The molecule has 7 nitrogen and oxygen atoms in total. The number of amides is 1. The lowest BCUT2D eigenvalue weighted by Crippen LogP contribution is -2.34. The van der Waals surface area contributed by atoms with E-state index >= 15 is 0 Å². The fourth-order valence-corrected chi connectivity index (χ4v) is 3.38. The minimum absolute atomic E-state index is 0.195. The summed E-state index contributed by atoms with van der Waals surface area (Å²) < 4.78 is 19.8. The number of aromatic nitrogens is 3. The summed E-state index contributed by atoms with van der Waals surface area (Å²) in [4.78, 5) is 27.6. The van der Waals surface area contributed by atoms with Gasteiger partial charge in [0.05, 0.1) is 12.8 Å². The first-order valence-corrected chi connectivity index (χ1v) is 9.78. The van der Waals surface area contributed by atoms with Gasteiger partial charge < -0.3 is 15.0 Å². The number of fused-ring (bicyclic) bond motifs is 1. The number of nitrogens with one attached hydrogen (secondary N) is 2. The first-order chi connectivity index (χ1) is 15.0. The second-order valence-corrected chi connectivity index (χ2v) is 7.05. The third-order valence-electron chi connectivity index (χ3n) is 4.97. The first kappa shape index (κ1) is 20.3. The van der Waals surface area contributed by atoms with Gasteiger partial charge in [0.2, 0.25) is 5.91 Å². The van der Waals surface area contributed by atoms with Crippen LogP contribution in [0.1, 0.15) is 5.56 Å². The Morgan fingerprint density at radius 1 is 1.19 bits per heavy atom. The molecule has 158 valence electrons. The van der Waals surface area contributed by atoms with Gasteiger partial charge in [0.25, 0.3) is 5.56 Å². The number of benzene rings is 2. The average Bonchev–Trinajstić information content (AvgIpc) is 3.17. The Morgan fingerprint density at radius 3 is 2.90 bits per heavy atom. The quantitative estimate of drug-likeness (QED) is 0.481. The van der Waals surface area contributed by atoms with Gasteiger partial charge in [-0.05, 0) is 48.4 Å². The number of methoxy groups -OCH3 is 1. The topological polar surface area (TPSA) is 89.0 Å². The van der Waals surface area contributed by atoms with E-state index in [-0.39, 0.29) is 23.8 Å². The fourth-order valence-electron chi connectivity index (χ4n) is 3.38. The zero-order chi connectivity index (χ0) is 21.8. The number of hydrogen-bond acceptors (Lipinski definition) is 4. The second kappa shape index (κ2) is 8.83. The van der Waals surface area contributed by atoms with Crippen LogP contribution in [0.2, 0.25) is 0 Å². The molecule has 0 aliphatic heterocycles. The number of carbonyl (C=O) groups excluding carboxylic acids is 1. The molecule has 0 unspecified atom stereocenters. The molecular formula is C23H21FN4O3. The van der Waals surface area contributed by atoms with Crippen LogP contribution in [0.4, 0.5) is 4.39 Å². The third kappa shape index (κ3) is 4.63.